The van der Waals surface area contributed by atoms with Gasteiger partial charge in [0.2, 0.25) is 10.0 Å². The highest BCUT2D eigenvalue weighted by atomic mass is 32.2. The average molecular weight is 385 g/mol. The molecule has 0 spiro atoms. The van der Waals surface area contributed by atoms with Crippen molar-refractivity contribution >= 4 is 16.0 Å². The molecule has 0 fully saturated rings. The van der Waals surface area contributed by atoms with Crippen LogP contribution in [-0.2, 0) is 21.3 Å². The van der Waals surface area contributed by atoms with Crippen LogP contribution in [0.5, 0.6) is 0 Å². The fourth-order valence-corrected chi connectivity index (χ4v) is 3.20. The van der Waals surface area contributed by atoms with Gasteiger partial charge in [0.25, 0.3) is 0 Å². The Kier molecular flexibility index (Phi) is 9.61. The second-order valence-electron chi connectivity index (χ2n) is 6.23. The summed E-state index contributed by atoms with van der Waals surface area (Å²) in [6, 6.07) is 6.76. The molecule has 148 valence electrons. The molecule has 0 saturated carbocycles. The summed E-state index contributed by atoms with van der Waals surface area (Å²) in [7, 11) is -0.280. The Hall–Kier alpha value is -1.64. The lowest BCUT2D eigenvalue weighted by molar-refractivity contribution is 0.0258. The van der Waals surface area contributed by atoms with Crippen LogP contribution in [0.3, 0.4) is 0 Å². The Labute approximate surface area is 157 Å². The summed E-state index contributed by atoms with van der Waals surface area (Å²) in [5.74, 6) is 1.18. The average Bonchev–Trinajstić information content (AvgIpc) is 2.63. The minimum atomic E-state index is -3.40. The summed E-state index contributed by atoms with van der Waals surface area (Å²) < 4.78 is 31.5. The van der Waals surface area contributed by atoms with E-state index in [9.17, 15) is 8.42 Å². The topological polar surface area (TPSA) is 91.8 Å². The van der Waals surface area contributed by atoms with Gasteiger partial charge in [0.1, 0.15) is 0 Å². The summed E-state index contributed by atoms with van der Waals surface area (Å²) >= 11 is 0. The third kappa shape index (κ3) is 7.31. The summed E-state index contributed by atoms with van der Waals surface area (Å²) in [5.41, 5.74) is 0.970. The SMILES string of the molecule is CCOC(CCNC(=NC)NCc1ccc(S(=O)(=O)NC)cc1)C(C)C. The number of hydrogen-bond acceptors (Lipinski definition) is 4. The number of aliphatic imine (C=N–C) groups is 1. The fraction of sp³-hybridized carbons (Fsp3) is 0.611. The van der Waals surface area contributed by atoms with Crippen LogP contribution in [0.2, 0.25) is 0 Å². The fourth-order valence-electron chi connectivity index (χ4n) is 2.47. The maximum absolute atomic E-state index is 11.7. The summed E-state index contributed by atoms with van der Waals surface area (Å²) in [5, 5.41) is 6.51. The van der Waals surface area contributed by atoms with Gasteiger partial charge in [0.15, 0.2) is 5.96 Å². The molecule has 1 unspecified atom stereocenters. The summed E-state index contributed by atoms with van der Waals surface area (Å²) in [6.07, 6.45) is 1.13. The molecule has 0 aromatic heterocycles. The van der Waals surface area contributed by atoms with Gasteiger partial charge >= 0.3 is 0 Å². The molecule has 26 heavy (non-hydrogen) atoms. The minimum Gasteiger partial charge on any atom is -0.378 e. The number of hydrogen-bond donors (Lipinski definition) is 3. The van der Waals surface area contributed by atoms with Crippen LogP contribution >= 0.6 is 0 Å². The van der Waals surface area contributed by atoms with E-state index in [1.807, 2.05) is 6.92 Å². The molecule has 0 heterocycles. The number of rotatable bonds is 10. The molecule has 0 saturated heterocycles. The predicted molar refractivity (Wildman–Crippen MR) is 106 cm³/mol. The summed E-state index contributed by atoms with van der Waals surface area (Å²) in [6.45, 7) is 8.36. The Morgan fingerprint density at radius 2 is 1.85 bits per heavy atom. The van der Waals surface area contributed by atoms with Crippen LogP contribution in [0.1, 0.15) is 32.8 Å². The molecule has 0 aliphatic carbocycles. The van der Waals surface area contributed by atoms with E-state index in [4.69, 9.17) is 4.74 Å². The van der Waals surface area contributed by atoms with E-state index < -0.39 is 10.0 Å². The highest BCUT2D eigenvalue weighted by Crippen LogP contribution is 2.11. The highest BCUT2D eigenvalue weighted by molar-refractivity contribution is 7.89. The lowest BCUT2D eigenvalue weighted by Gasteiger charge is -2.21. The second-order valence-corrected chi connectivity index (χ2v) is 8.12. The first-order valence-electron chi connectivity index (χ1n) is 8.92. The molecule has 8 heteroatoms. The molecule has 0 bridgehead atoms. The van der Waals surface area contributed by atoms with Crippen LogP contribution in [0.4, 0.5) is 0 Å². The zero-order valence-electron chi connectivity index (χ0n) is 16.4. The van der Waals surface area contributed by atoms with Crippen molar-refractivity contribution in [3.05, 3.63) is 29.8 Å². The minimum absolute atomic E-state index is 0.229. The van der Waals surface area contributed by atoms with E-state index in [1.54, 1.807) is 31.3 Å². The first-order chi connectivity index (χ1) is 12.3. The molecule has 0 aliphatic rings. The molecule has 7 nitrogen and oxygen atoms in total. The van der Waals surface area contributed by atoms with Gasteiger partial charge in [-0.05, 0) is 44.0 Å². The third-order valence-electron chi connectivity index (χ3n) is 4.03. The quantitative estimate of drug-likeness (QED) is 0.422. The molecule has 1 aromatic carbocycles. The van der Waals surface area contributed by atoms with Gasteiger partial charge in [-0.2, -0.15) is 0 Å². The standard InChI is InChI=1S/C18H32N4O3S/c1-6-25-17(14(2)3)11-12-21-18(19-4)22-13-15-7-9-16(10-8-15)26(23,24)20-5/h7-10,14,17,20H,6,11-13H2,1-5H3,(H2,19,21,22). The van der Waals surface area contributed by atoms with E-state index in [0.717, 1.165) is 25.1 Å². The molecule has 1 rings (SSSR count). The maximum atomic E-state index is 11.7. The van der Waals surface area contributed by atoms with E-state index in [1.165, 1.54) is 7.05 Å². The van der Waals surface area contributed by atoms with Gasteiger partial charge < -0.3 is 15.4 Å². The molecule has 0 radical (unpaired) electrons. The maximum Gasteiger partial charge on any atom is 0.240 e. The zero-order chi connectivity index (χ0) is 19.6. The Bertz CT molecular complexity index is 658. The van der Waals surface area contributed by atoms with Crippen LogP contribution in [-0.4, -0.2) is 47.7 Å². The zero-order valence-corrected chi connectivity index (χ0v) is 17.2. The normalized spacial score (nSPS) is 13.7. The number of ether oxygens (including phenoxy) is 1. The lowest BCUT2D eigenvalue weighted by Crippen LogP contribution is -2.38. The van der Waals surface area contributed by atoms with Gasteiger partial charge in [0, 0.05) is 26.7 Å². The largest absolute Gasteiger partial charge is 0.378 e. The van der Waals surface area contributed by atoms with Crippen molar-refractivity contribution in [2.24, 2.45) is 10.9 Å². The number of guanidine groups is 1. The van der Waals surface area contributed by atoms with E-state index in [2.05, 4.69) is 34.2 Å². The number of nitrogens with zero attached hydrogens (tertiary/aromatic N) is 1. The molecule has 3 N–H and O–H groups in total. The van der Waals surface area contributed by atoms with Gasteiger partial charge in [-0.25, -0.2) is 13.1 Å². The van der Waals surface area contributed by atoms with Crippen molar-refractivity contribution in [1.29, 1.82) is 0 Å². The monoisotopic (exact) mass is 384 g/mol. The summed E-state index contributed by atoms with van der Waals surface area (Å²) in [4.78, 5) is 4.46. The van der Waals surface area contributed by atoms with Gasteiger partial charge in [0.05, 0.1) is 11.0 Å². The molecule has 1 aromatic rings. The first kappa shape index (κ1) is 22.4. The number of benzene rings is 1. The van der Waals surface area contributed by atoms with Crippen LogP contribution in [0, 0.1) is 5.92 Å². The molecule has 1 atom stereocenters. The first-order valence-corrected chi connectivity index (χ1v) is 10.4. The van der Waals surface area contributed by atoms with Crippen LogP contribution < -0.4 is 15.4 Å². The molecular weight excluding hydrogens is 352 g/mol. The van der Waals surface area contributed by atoms with Crippen molar-refractivity contribution in [2.75, 3.05) is 27.2 Å². The van der Waals surface area contributed by atoms with E-state index in [-0.39, 0.29) is 11.0 Å². The second kappa shape index (κ2) is 11.2. The highest BCUT2D eigenvalue weighted by Gasteiger charge is 2.13. The van der Waals surface area contributed by atoms with Crippen LogP contribution in [0.15, 0.2) is 34.2 Å². The van der Waals surface area contributed by atoms with Crippen molar-refractivity contribution in [3.63, 3.8) is 0 Å². The predicted octanol–water partition coefficient (Wildman–Crippen LogP) is 1.71. The van der Waals surface area contributed by atoms with Gasteiger partial charge in [-0.1, -0.05) is 26.0 Å². The van der Waals surface area contributed by atoms with E-state index >= 15 is 0 Å². The van der Waals surface area contributed by atoms with Crippen molar-refractivity contribution < 1.29 is 13.2 Å². The number of nitrogens with one attached hydrogen (secondary N) is 3. The molecule has 0 amide bonds. The Balaban J connectivity index is 2.49. The van der Waals surface area contributed by atoms with Crippen molar-refractivity contribution in [1.82, 2.24) is 15.4 Å². The van der Waals surface area contributed by atoms with Crippen molar-refractivity contribution in [2.45, 2.75) is 44.7 Å². The van der Waals surface area contributed by atoms with E-state index in [0.29, 0.717) is 18.4 Å². The molecule has 0 aliphatic heterocycles. The van der Waals surface area contributed by atoms with Gasteiger partial charge in [-0.15, -0.1) is 0 Å². The van der Waals surface area contributed by atoms with Crippen LogP contribution in [0.25, 0.3) is 0 Å². The van der Waals surface area contributed by atoms with Gasteiger partial charge in [-0.3, -0.25) is 4.99 Å². The Morgan fingerprint density at radius 3 is 2.35 bits per heavy atom. The lowest BCUT2D eigenvalue weighted by atomic mass is 10.0. The van der Waals surface area contributed by atoms with Crippen molar-refractivity contribution in [3.8, 4) is 0 Å². The number of sulfonamides is 1. The third-order valence-corrected chi connectivity index (χ3v) is 5.46. The Morgan fingerprint density at radius 1 is 1.19 bits per heavy atom. The smallest absolute Gasteiger partial charge is 0.240 e. The molecular formula is C18H32N4O3S.